The van der Waals surface area contributed by atoms with Crippen molar-refractivity contribution in [3.05, 3.63) is 12.2 Å². The average molecular weight is 788 g/mol. The lowest BCUT2D eigenvalue weighted by Gasteiger charge is -2.28. The monoisotopic (exact) mass is 788 g/mol. The zero-order chi connectivity index (χ0) is 40.0. The Morgan fingerprint density at radius 2 is 0.944 bits per heavy atom. The molecule has 0 saturated heterocycles. The van der Waals surface area contributed by atoms with Crippen LogP contribution >= 0.6 is 7.82 Å². The highest BCUT2D eigenvalue weighted by Crippen LogP contribution is 2.38. The molecule has 0 aromatic rings. The molecule has 0 rings (SSSR count). The zero-order valence-corrected chi connectivity index (χ0v) is 36.8. The van der Waals surface area contributed by atoms with Gasteiger partial charge in [-0.25, -0.2) is 0 Å². The van der Waals surface area contributed by atoms with Crippen LogP contribution in [0.3, 0.4) is 0 Å². The van der Waals surface area contributed by atoms with Gasteiger partial charge in [-0.3, -0.25) is 14.2 Å². The number of ether oxygens (including phenoxy) is 2. The summed E-state index contributed by atoms with van der Waals surface area (Å²) in [6, 6.07) is 0. The van der Waals surface area contributed by atoms with E-state index in [-0.39, 0.29) is 26.1 Å². The Bertz CT molecular complexity index is 938. The smallest absolute Gasteiger partial charge is 0.306 e. The molecule has 0 aliphatic rings. The number of nitrogens with zero attached hydrogens (tertiary/aromatic N) is 1. The summed E-state index contributed by atoms with van der Waals surface area (Å²) in [5, 5.41) is 0. The Kier molecular flexibility index (Phi) is 36.5. The molecule has 0 heterocycles. The highest BCUT2D eigenvalue weighted by Gasteiger charge is 2.21. The fraction of sp³-hybridized carbons (Fsp3) is 0.909. The maximum absolute atomic E-state index is 12.6. The van der Waals surface area contributed by atoms with Gasteiger partial charge in [0.25, 0.3) is 7.82 Å². The number of hydrogen-bond donors (Lipinski definition) is 0. The Morgan fingerprint density at radius 3 is 1.37 bits per heavy atom. The van der Waals surface area contributed by atoms with Crippen molar-refractivity contribution in [3.63, 3.8) is 0 Å². The van der Waals surface area contributed by atoms with Crippen molar-refractivity contribution in [1.29, 1.82) is 0 Å². The van der Waals surface area contributed by atoms with Crippen molar-refractivity contribution in [2.45, 2.75) is 213 Å². The standard InChI is InChI=1S/C44H86NO8P/c1-6-8-10-12-13-14-15-16-17-18-19-20-21-22-23-24-25-26-27-28-29-30-31-33-35-37-44(47)53-42(40-50-43(46)36-34-32-11-9-7-2)41-52-54(48,49)51-39-38-45(3,4)5/h18-19,42H,6-17,20-41H2,1-5H3/b19-18-. The van der Waals surface area contributed by atoms with E-state index in [9.17, 15) is 19.0 Å². The quantitative estimate of drug-likeness (QED) is 0.0198. The summed E-state index contributed by atoms with van der Waals surface area (Å²) in [4.78, 5) is 37.1. The van der Waals surface area contributed by atoms with Crippen LogP contribution in [0.2, 0.25) is 0 Å². The van der Waals surface area contributed by atoms with Crippen LogP contribution < -0.4 is 4.89 Å². The van der Waals surface area contributed by atoms with Gasteiger partial charge in [0.2, 0.25) is 0 Å². The third-order valence-electron chi connectivity index (χ3n) is 9.79. The van der Waals surface area contributed by atoms with Gasteiger partial charge in [0.15, 0.2) is 6.10 Å². The number of esters is 2. The van der Waals surface area contributed by atoms with E-state index < -0.39 is 32.5 Å². The summed E-state index contributed by atoms with van der Waals surface area (Å²) in [6.07, 6.45) is 38.7. The Labute approximate surface area is 333 Å². The molecular formula is C44H86NO8P. The number of carbonyl (C=O) groups is 2. The first-order chi connectivity index (χ1) is 26.0. The van der Waals surface area contributed by atoms with Crippen LogP contribution in [0.15, 0.2) is 12.2 Å². The second-order valence-corrected chi connectivity index (χ2v) is 17.8. The molecule has 0 bridgehead atoms. The van der Waals surface area contributed by atoms with Gasteiger partial charge < -0.3 is 27.9 Å². The molecule has 0 saturated carbocycles. The number of phosphoric ester groups is 1. The van der Waals surface area contributed by atoms with Crippen molar-refractivity contribution in [2.24, 2.45) is 0 Å². The number of carbonyl (C=O) groups excluding carboxylic acids is 2. The molecule has 0 aromatic heterocycles. The first-order valence-corrected chi connectivity index (χ1v) is 23.9. The summed E-state index contributed by atoms with van der Waals surface area (Å²) < 4.78 is 33.7. The summed E-state index contributed by atoms with van der Waals surface area (Å²) in [7, 11) is 1.17. The van der Waals surface area contributed by atoms with Gasteiger partial charge in [0.1, 0.15) is 19.8 Å². The van der Waals surface area contributed by atoms with E-state index in [4.69, 9.17) is 18.5 Å². The van der Waals surface area contributed by atoms with E-state index in [1.54, 1.807) is 0 Å². The third kappa shape index (κ3) is 40.4. The number of allylic oxidation sites excluding steroid dienone is 2. The van der Waals surface area contributed by atoms with Crippen LogP contribution in [0.4, 0.5) is 0 Å². The molecule has 0 N–H and O–H groups in total. The van der Waals surface area contributed by atoms with Crippen molar-refractivity contribution < 1.29 is 42.1 Å². The van der Waals surface area contributed by atoms with E-state index >= 15 is 0 Å². The first-order valence-electron chi connectivity index (χ1n) is 22.4. The fourth-order valence-electron chi connectivity index (χ4n) is 6.24. The Hall–Kier alpha value is -1.25. The lowest BCUT2D eigenvalue weighted by Crippen LogP contribution is -2.37. The largest absolute Gasteiger partial charge is 0.756 e. The minimum absolute atomic E-state index is 0.0281. The lowest BCUT2D eigenvalue weighted by molar-refractivity contribution is -0.870. The zero-order valence-electron chi connectivity index (χ0n) is 35.9. The summed E-state index contributed by atoms with van der Waals surface area (Å²) in [6.45, 7) is 4.15. The van der Waals surface area contributed by atoms with Crippen LogP contribution in [-0.4, -0.2) is 70.0 Å². The van der Waals surface area contributed by atoms with Gasteiger partial charge in [-0.1, -0.05) is 167 Å². The van der Waals surface area contributed by atoms with Crippen molar-refractivity contribution >= 4 is 19.8 Å². The lowest BCUT2D eigenvalue weighted by atomic mass is 10.0. The average Bonchev–Trinajstić information content (AvgIpc) is 3.12. The molecule has 320 valence electrons. The molecule has 54 heavy (non-hydrogen) atoms. The molecule has 0 aliphatic heterocycles. The Balaban J connectivity index is 4.01. The van der Waals surface area contributed by atoms with Crippen molar-refractivity contribution in [1.82, 2.24) is 0 Å². The second-order valence-electron chi connectivity index (χ2n) is 16.4. The van der Waals surface area contributed by atoms with Crippen LogP contribution in [0.5, 0.6) is 0 Å². The first kappa shape index (κ1) is 52.8. The van der Waals surface area contributed by atoms with Gasteiger partial charge >= 0.3 is 11.9 Å². The van der Waals surface area contributed by atoms with Gasteiger partial charge in [0, 0.05) is 12.8 Å². The maximum Gasteiger partial charge on any atom is 0.306 e. The molecule has 0 aliphatic carbocycles. The predicted octanol–water partition coefficient (Wildman–Crippen LogP) is 11.9. The van der Waals surface area contributed by atoms with Crippen LogP contribution in [0.25, 0.3) is 0 Å². The number of likely N-dealkylation sites (N-methyl/N-ethyl adjacent to an activating group) is 1. The minimum atomic E-state index is -4.61. The number of rotatable bonds is 41. The van der Waals surface area contributed by atoms with E-state index in [1.165, 1.54) is 128 Å². The maximum atomic E-state index is 12.6. The highest BCUT2D eigenvalue weighted by molar-refractivity contribution is 7.45. The van der Waals surface area contributed by atoms with E-state index in [0.29, 0.717) is 17.4 Å². The van der Waals surface area contributed by atoms with Crippen molar-refractivity contribution in [3.8, 4) is 0 Å². The van der Waals surface area contributed by atoms with Gasteiger partial charge in [0.05, 0.1) is 27.7 Å². The molecule has 9 nitrogen and oxygen atoms in total. The molecule has 0 fully saturated rings. The van der Waals surface area contributed by atoms with Gasteiger partial charge in [-0.2, -0.15) is 0 Å². The number of hydrogen-bond acceptors (Lipinski definition) is 8. The predicted molar refractivity (Wildman–Crippen MR) is 222 cm³/mol. The topological polar surface area (TPSA) is 111 Å². The minimum Gasteiger partial charge on any atom is -0.756 e. The molecule has 10 heteroatoms. The Morgan fingerprint density at radius 1 is 0.556 bits per heavy atom. The fourth-order valence-corrected chi connectivity index (χ4v) is 6.97. The SMILES string of the molecule is CCCCCCCCCC/C=C\CCCCCCCCCCCCCCCC(=O)OC(COC(=O)CCCCCCC)COP(=O)([O-])OCC[N+](C)(C)C. The number of phosphoric acid groups is 1. The van der Waals surface area contributed by atoms with Crippen LogP contribution in [-0.2, 0) is 32.7 Å². The highest BCUT2D eigenvalue weighted by atomic mass is 31.2. The van der Waals surface area contributed by atoms with Crippen molar-refractivity contribution in [2.75, 3.05) is 47.5 Å². The van der Waals surface area contributed by atoms with Crippen LogP contribution in [0, 0.1) is 0 Å². The number of quaternary nitrogens is 1. The molecule has 2 atom stereocenters. The molecule has 0 spiro atoms. The summed E-state index contributed by atoms with van der Waals surface area (Å²) in [5.41, 5.74) is 0. The van der Waals surface area contributed by atoms with E-state index in [2.05, 4.69) is 26.0 Å². The number of unbranched alkanes of at least 4 members (excludes halogenated alkanes) is 25. The second kappa shape index (κ2) is 37.3. The van der Waals surface area contributed by atoms with Gasteiger partial charge in [-0.05, 0) is 38.5 Å². The van der Waals surface area contributed by atoms with Crippen LogP contribution in [0.1, 0.15) is 206 Å². The van der Waals surface area contributed by atoms with E-state index in [0.717, 1.165) is 44.9 Å². The molecule has 2 unspecified atom stereocenters. The van der Waals surface area contributed by atoms with E-state index in [1.807, 2.05) is 21.1 Å². The molecule has 0 amide bonds. The third-order valence-corrected chi connectivity index (χ3v) is 10.7. The summed E-state index contributed by atoms with van der Waals surface area (Å²) in [5.74, 6) is -0.841. The van der Waals surface area contributed by atoms with Gasteiger partial charge in [-0.15, -0.1) is 0 Å². The molecule has 0 radical (unpaired) electrons. The molecular weight excluding hydrogens is 701 g/mol. The normalized spacial score (nSPS) is 13.7. The molecule has 0 aromatic carbocycles. The summed E-state index contributed by atoms with van der Waals surface area (Å²) >= 11 is 0.